The Bertz CT molecular complexity index is 509. The summed E-state index contributed by atoms with van der Waals surface area (Å²) in [5.41, 5.74) is 2.70. The topological polar surface area (TPSA) is 73.6 Å². The largest absolute Gasteiger partial charge is 0.356 e. The first-order valence-electron chi connectivity index (χ1n) is 4.75. The van der Waals surface area contributed by atoms with Gasteiger partial charge in [-0.1, -0.05) is 11.6 Å². The van der Waals surface area contributed by atoms with Crippen molar-refractivity contribution in [3.63, 3.8) is 0 Å². The second-order valence-electron chi connectivity index (χ2n) is 3.49. The molecule has 0 unspecified atom stereocenters. The number of hydrogen-bond acceptors (Lipinski definition) is 2. The van der Waals surface area contributed by atoms with Crippen LogP contribution in [0, 0.1) is 13.8 Å². The van der Waals surface area contributed by atoms with Gasteiger partial charge in [0.15, 0.2) is 0 Å². The highest BCUT2D eigenvalue weighted by atomic mass is 35.5. The summed E-state index contributed by atoms with van der Waals surface area (Å²) in [6, 6.07) is 1.57. The van der Waals surface area contributed by atoms with E-state index in [1.807, 2.05) is 13.8 Å². The van der Waals surface area contributed by atoms with E-state index in [1.54, 1.807) is 12.3 Å². The number of halogens is 1. The van der Waals surface area contributed by atoms with Crippen LogP contribution in [0.1, 0.15) is 21.9 Å². The molecule has 0 aromatic carbocycles. The zero-order valence-corrected chi connectivity index (χ0v) is 9.64. The highest BCUT2D eigenvalue weighted by molar-refractivity contribution is 6.31. The van der Waals surface area contributed by atoms with Gasteiger partial charge in [0.1, 0.15) is 5.69 Å². The minimum Gasteiger partial charge on any atom is -0.356 e. The van der Waals surface area contributed by atoms with Crippen molar-refractivity contribution >= 4 is 23.2 Å². The van der Waals surface area contributed by atoms with Gasteiger partial charge in [0.25, 0.3) is 5.91 Å². The third-order valence-electron chi connectivity index (χ3n) is 2.26. The molecule has 0 aliphatic heterocycles. The van der Waals surface area contributed by atoms with Crippen LogP contribution in [0.2, 0.25) is 5.02 Å². The van der Waals surface area contributed by atoms with Gasteiger partial charge >= 0.3 is 0 Å². The molecular weight excluding hydrogens is 228 g/mol. The summed E-state index contributed by atoms with van der Waals surface area (Å²) in [5.74, 6) is -0.237. The van der Waals surface area contributed by atoms with Crippen LogP contribution >= 0.6 is 11.6 Å². The molecule has 6 heteroatoms. The number of hydrogen-bond donors (Lipinski definition) is 3. The SMILES string of the molecule is Cc1n[nH]c(C)c1NC(=O)c1cc(Cl)c[nH]1. The van der Waals surface area contributed by atoms with Crippen LogP contribution in [0.15, 0.2) is 12.3 Å². The van der Waals surface area contributed by atoms with E-state index >= 15 is 0 Å². The smallest absolute Gasteiger partial charge is 0.272 e. The standard InChI is InChI=1S/C10H11ClN4O/c1-5-9(6(2)15-14-5)13-10(16)8-3-7(11)4-12-8/h3-4,12H,1-2H3,(H,13,16)(H,14,15). The van der Waals surface area contributed by atoms with Crippen molar-refractivity contribution in [2.75, 3.05) is 5.32 Å². The first-order valence-corrected chi connectivity index (χ1v) is 5.12. The molecule has 0 bridgehead atoms. The molecule has 0 spiro atoms. The summed E-state index contributed by atoms with van der Waals surface area (Å²) < 4.78 is 0. The third kappa shape index (κ3) is 1.94. The van der Waals surface area contributed by atoms with E-state index in [4.69, 9.17) is 11.6 Å². The molecule has 84 valence electrons. The Morgan fingerprint density at radius 3 is 2.75 bits per heavy atom. The lowest BCUT2D eigenvalue weighted by molar-refractivity contribution is 0.102. The van der Waals surface area contributed by atoms with Gasteiger partial charge in [0, 0.05) is 6.20 Å². The number of rotatable bonds is 2. The maximum absolute atomic E-state index is 11.8. The quantitative estimate of drug-likeness (QED) is 0.751. The fraction of sp³-hybridized carbons (Fsp3) is 0.200. The van der Waals surface area contributed by atoms with E-state index in [-0.39, 0.29) is 5.91 Å². The van der Waals surface area contributed by atoms with Crippen LogP contribution in [0.25, 0.3) is 0 Å². The molecule has 2 rings (SSSR count). The lowest BCUT2D eigenvalue weighted by atomic mass is 10.3. The van der Waals surface area contributed by atoms with Gasteiger partial charge in [-0.3, -0.25) is 9.89 Å². The number of amides is 1. The Morgan fingerprint density at radius 2 is 2.25 bits per heavy atom. The van der Waals surface area contributed by atoms with Crippen LogP contribution in [-0.4, -0.2) is 21.1 Å². The van der Waals surface area contributed by atoms with E-state index in [2.05, 4.69) is 20.5 Å². The van der Waals surface area contributed by atoms with Crippen molar-refractivity contribution in [2.24, 2.45) is 0 Å². The van der Waals surface area contributed by atoms with Crippen molar-refractivity contribution in [1.29, 1.82) is 0 Å². The summed E-state index contributed by atoms with van der Waals surface area (Å²) in [5, 5.41) is 10.1. The highest BCUT2D eigenvalue weighted by Crippen LogP contribution is 2.17. The summed E-state index contributed by atoms with van der Waals surface area (Å²) in [7, 11) is 0. The first kappa shape index (κ1) is 10.8. The zero-order chi connectivity index (χ0) is 11.7. The average Bonchev–Trinajstić information content (AvgIpc) is 2.79. The van der Waals surface area contributed by atoms with Crippen LogP contribution in [0.4, 0.5) is 5.69 Å². The van der Waals surface area contributed by atoms with E-state index in [0.29, 0.717) is 16.4 Å². The molecule has 2 heterocycles. The van der Waals surface area contributed by atoms with E-state index in [0.717, 1.165) is 11.4 Å². The average molecular weight is 239 g/mol. The van der Waals surface area contributed by atoms with E-state index < -0.39 is 0 Å². The Kier molecular flexibility index (Phi) is 2.70. The van der Waals surface area contributed by atoms with Crippen LogP contribution < -0.4 is 5.32 Å². The molecule has 2 aromatic heterocycles. The molecule has 0 fully saturated rings. The summed E-state index contributed by atoms with van der Waals surface area (Å²) in [4.78, 5) is 14.6. The predicted octanol–water partition coefficient (Wildman–Crippen LogP) is 2.26. The molecule has 16 heavy (non-hydrogen) atoms. The predicted molar refractivity (Wildman–Crippen MR) is 61.8 cm³/mol. The second kappa shape index (κ2) is 4.02. The Labute approximate surface area is 97.2 Å². The van der Waals surface area contributed by atoms with Gasteiger partial charge in [0.2, 0.25) is 0 Å². The minimum absolute atomic E-state index is 0.237. The van der Waals surface area contributed by atoms with Crippen molar-refractivity contribution in [2.45, 2.75) is 13.8 Å². The molecule has 0 atom stereocenters. The number of H-pyrrole nitrogens is 2. The van der Waals surface area contributed by atoms with Crippen molar-refractivity contribution < 1.29 is 4.79 Å². The molecule has 1 amide bonds. The first-order chi connectivity index (χ1) is 7.58. The monoisotopic (exact) mass is 238 g/mol. The van der Waals surface area contributed by atoms with Crippen LogP contribution in [0.5, 0.6) is 0 Å². The van der Waals surface area contributed by atoms with Crippen molar-refractivity contribution in [3.05, 3.63) is 34.4 Å². The molecule has 3 N–H and O–H groups in total. The fourth-order valence-electron chi connectivity index (χ4n) is 1.41. The molecule has 0 aliphatic carbocycles. The van der Waals surface area contributed by atoms with Crippen LogP contribution in [-0.2, 0) is 0 Å². The summed E-state index contributed by atoms with van der Waals surface area (Å²) in [6.45, 7) is 3.66. The maximum Gasteiger partial charge on any atom is 0.272 e. The number of nitrogens with one attached hydrogen (secondary N) is 3. The Hall–Kier alpha value is -1.75. The fourth-order valence-corrected chi connectivity index (χ4v) is 1.58. The highest BCUT2D eigenvalue weighted by Gasteiger charge is 2.12. The Balaban J connectivity index is 2.20. The number of aromatic amines is 2. The van der Waals surface area contributed by atoms with E-state index in [9.17, 15) is 4.79 Å². The van der Waals surface area contributed by atoms with Crippen molar-refractivity contribution in [3.8, 4) is 0 Å². The number of carbonyl (C=O) groups is 1. The molecule has 0 radical (unpaired) electrons. The molecular formula is C10H11ClN4O. The molecule has 0 saturated heterocycles. The van der Waals surface area contributed by atoms with Gasteiger partial charge in [-0.15, -0.1) is 0 Å². The van der Waals surface area contributed by atoms with Gasteiger partial charge in [-0.2, -0.15) is 5.10 Å². The number of nitrogens with zero attached hydrogens (tertiary/aromatic N) is 1. The van der Waals surface area contributed by atoms with Gasteiger partial charge in [0.05, 0.1) is 22.1 Å². The number of anilines is 1. The van der Waals surface area contributed by atoms with E-state index in [1.165, 1.54) is 0 Å². The lowest BCUT2D eigenvalue weighted by Crippen LogP contribution is -2.13. The maximum atomic E-state index is 11.8. The zero-order valence-electron chi connectivity index (χ0n) is 8.89. The summed E-state index contributed by atoms with van der Waals surface area (Å²) in [6.07, 6.45) is 1.56. The van der Waals surface area contributed by atoms with Crippen LogP contribution in [0.3, 0.4) is 0 Å². The molecule has 0 aliphatic rings. The number of aromatic nitrogens is 3. The third-order valence-corrected chi connectivity index (χ3v) is 2.48. The van der Waals surface area contributed by atoms with Gasteiger partial charge < -0.3 is 10.3 Å². The summed E-state index contributed by atoms with van der Waals surface area (Å²) >= 11 is 5.72. The minimum atomic E-state index is -0.237. The van der Waals surface area contributed by atoms with Crippen molar-refractivity contribution in [1.82, 2.24) is 15.2 Å². The van der Waals surface area contributed by atoms with Gasteiger partial charge in [-0.05, 0) is 19.9 Å². The lowest BCUT2D eigenvalue weighted by Gasteiger charge is -2.02. The number of carbonyl (C=O) groups excluding carboxylic acids is 1. The number of aryl methyl sites for hydroxylation is 2. The normalized spacial score (nSPS) is 10.4. The molecule has 5 nitrogen and oxygen atoms in total. The second-order valence-corrected chi connectivity index (χ2v) is 3.93. The molecule has 0 saturated carbocycles. The van der Waals surface area contributed by atoms with Gasteiger partial charge in [-0.25, -0.2) is 0 Å². The Morgan fingerprint density at radius 1 is 1.50 bits per heavy atom. The molecule has 2 aromatic rings.